The molecular weight excluding hydrogens is 262 g/mol. The first-order valence-electron chi connectivity index (χ1n) is 5.26. The molecule has 0 aliphatic rings. The van der Waals surface area contributed by atoms with Crippen molar-refractivity contribution >= 4 is 10.0 Å². The molecule has 0 atom stereocenters. The number of nitriles is 2. The van der Waals surface area contributed by atoms with E-state index in [0.717, 1.165) is 3.97 Å². The van der Waals surface area contributed by atoms with Crippen molar-refractivity contribution in [3.05, 3.63) is 59.9 Å². The molecule has 1 aromatic carbocycles. The summed E-state index contributed by atoms with van der Waals surface area (Å²) < 4.78 is 25.6. The van der Waals surface area contributed by atoms with E-state index in [1.165, 1.54) is 30.6 Å². The quantitative estimate of drug-likeness (QED) is 0.760. The van der Waals surface area contributed by atoms with Gasteiger partial charge in [-0.15, -0.1) is 0 Å². The average molecular weight is 270 g/mol. The summed E-state index contributed by atoms with van der Waals surface area (Å²) in [6.07, 6.45) is 2.80. The molecule has 0 unspecified atom stereocenters. The molecule has 0 N–H and O–H groups in total. The predicted molar refractivity (Wildman–Crippen MR) is 65.1 cm³/mol. The Morgan fingerprint density at radius 2 is 1.58 bits per heavy atom. The molecule has 92 valence electrons. The summed E-state index contributed by atoms with van der Waals surface area (Å²) in [7, 11) is -3.74. The maximum absolute atomic E-state index is 12.3. The summed E-state index contributed by atoms with van der Waals surface area (Å²) in [6, 6.07) is 12.4. The van der Waals surface area contributed by atoms with E-state index in [1.54, 1.807) is 18.2 Å². The van der Waals surface area contributed by atoms with Gasteiger partial charge in [0.25, 0.3) is 0 Å². The van der Waals surface area contributed by atoms with Gasteiger partial charge >= 0.3 is 10.0 Å². The number of pyridine rings is 1. The second-order valence-corrected chi connectivity index (χ2v) is 5.48. The third kappa shape index (κ3) is 2.30. The fraction of sp³-hybridized carbons (Fsp3) is 0. The van der Waals surface area contributed by atoms with E-state index in [9.17, 15) is 8.42 Å². The zero-order chi connectivity index (χ0) is 13.9. The Morgan fingerprint density at radius 3 is 2.16 bits per heavy atom. The Hall–Kier alpha value is -2.70. The van der Waals surface area contributed by atoms with Crippen molar-refractivity contribution in [1.29, 1.82) is 10.5 Å². The van der Waals surface area contributed by atoms with Gasteiger partial charge < -0.3 is 0 Å². The van der Waals surface area contributed by atoms with Crippen LogP contribution >= 0.6 is 0 Å². The minimum Gasteiger partial charge on any atom is -0.192 e. The van der Waals surface area contributed by atoms with Crippen molar-refractivity contribution in [3.63, 3.8) is 0 Å². The van der Waals surface area contributed by atoms with E-state index in [4.69, 9.17) is 10.5 Å². The lowest BCUT2D eigenvalue weighted by Gasteiger charge is -2.00. The molecule has 0 saturated carbocycles. The van der Waals surface area contributed by atoms with Gasteiger partial charge in [-0.3, -0.25) is 0 Å². The molecule has 2 rings (SSSR count). The third-order valence-corrected chi connectivity index (χ3v) is 4.14. The number of rotatable bonds is 2. The molecule has 0 bridgehead atoms. The highest BCUT2D eigenvalue weighted by molar-refractivity contribution is 7.85. The molecule has 0 radical (unpaired) electrons. The van der Waals surface area contributed by atoms with Gasteiger partial charge in [0.15, 0.2) is 12.4 Å². The monoisotopic (exact) mass is 270 g/mol. The first-order valence-corrected chi connectivity index (χ1v) is 6.70. The lowest BCUT2D eigenvalue weighted by atomic mass is 10.1. The number of nitrogens with zero attached hydrogens (tertiary/aromatic N) is 3. The van der Waals surface area contributed by atoms with Crippen molar-refractivity contribution in [2.24, 2.45) is 0 Å². The van der Waals surface area contributed by atoms with Crippen LogP contribution in [0, 0.1) is 22.7 Å². The highest BCUT2D eigenvalue weighted by Gasteiger charge is 2.25. The number of hydrogen-bond acceptors (Lipinski definition) is 4. The molecule has 1 heterocycles. The van der Waals surface area contributed by atoms with Gasteiger partial charge in [-0.25, -0.2) is 0 Å². The number of hydrogen-bond donors (Lipinski definition) is 0. The van der Waals surface area contributed by atoms with Crippen molar-refractivity contribution < 1.29 is 12.4 Å². The maximum Gasteiger partial charge on any atom is 0.399 e. The lowest BCUT2D eigenvalue weighted by Crippen LogP contribution is -2.41. The van der Waals surface area contributed by atoms with Crippen molar-refractivity contribution in [1.82, 2.24) is 0 Å². The molecule has 0 saturated heterocycles. The van der Waals surface area contributed by atoms with Crippen molar-refractivity contribution in [2.45, 2.75) is 4.90 Å². The minimum atomic E-state index is -3.74. The Balaban J connectivity index is 2.62. The smallest absolute Gasteiger partial charge is 0.192 e. The summed E-state index contributed by atoms with van der Waals surface area (Å²) in [6.45, 7) is 0. The fourth-order valence-electron chi connectivity index (χ4n) is 1.54. The summed E-state index contributed by atoms with van der Waals surface area (Å²) in [5.74, 6) is 0. The summed E-state index contributed by atoms with van der Waals surface area (Å²) in [5.41, 5.74) is 0.194. The summed E-state index contributed by atoms with van der Waals surface area (Å²) in [5, 5.41) is 17.7. The molecule has 19 heavy (non-hydrogen) atoms. The zero-order valence-electron chi connectivity index (χ0n) is 9.69. The highest BCUT2D eigenvalue weighted by Crippen LogP contribution is 2.14. The molecule has 0 amide bonds. The SMILES string of the molecule is N#Cc1ccc(S(=O)(=O)[n+]2ccccc2)cc1C#N. The Labute approximate surface area is 110 Å². The Bertz CT molecular complexity index is 800. The lowest BCUT2D eigenvalue weighted by molar-refractivity contribution is -0.511. The van der Waals surface area contributed by atoms with Crippen LogP contribution in [0.3, 0.4) is 0 Å². The van der Waals surface area contributed by atoms with E-state index < -0.39 is 10.0 Å². The van der Waals surface area contributed by atoms with Gasteiger partial charge in [-0.05, 0) is 18.2 Å². The average Bonchev–Trinajstić information content (AvgIpc) is 2.47. The molecule has 1 aromatic heterocycles. The molecule has 5 nitrogen and oxygen atoms in total. The van der Waals surface area contributed by atoms with Crippen LogP contribution in [-0.2, 0) is 10.0 Å². The van der Waals surface area contributed by atoms with Gasteiger partial charge in [0.1, 0.15) is 17.0 Å². The minimum absolute atomic E-state index is 0.0285. The highest BCUT2D eigenvalue weighted by atomic mass is 32.2. The van der Waals surface area contributed by atoms with Crippen LogP contribution in [0.1, 0.15) is 11.1 Å². The molecule has 0 aliphatic heterocycles. The zero-order valence-corrected chi connectivity index (χ0v) is 10.5. The van der Waals surface area contributed by atoms with Gasteiger partial charge in [-0.2, -0.15) is 18.9 Å². The van der Waals surface area contributed by atoms with Crippen LogP contribution in [0.4, 0.5) is 0 Å². The fourth-order valence-corrected chi connectivity index (χ4v) is 2.75. The first kappa shape index (κ1) is 12.7. The van der Waals surface area contributed by atoms with Gasteiger partial charge in [0.05, 0.1) is 11.1 Å². The number of aromatic nitrogens is 1. The van der Waals surface area contributed by atoms with E-state index >= 15 is 0 Å². The molecule has 2 aromatic rings. The van der Waals surface area contributed by atoms with Crippen molar-refractivity contribution in [3.8, 4) is 12.1 Å². The first-order chi connectivity index (χ1) is 9.09. The van der Waals surface area contributed by atoms with Gasteiger partial charge in [-0.1, -0.05) is 10.0 Å². The molecule has 0 aliphatic carbocycles. The van der Waals surface area contributed by atoms with Crippen LogP contribution in [0.25, 0.3) is 0 Å². The second-order valence-electron chi connectivity index (χ2n) is 3.64. The van der Waals surface area contributed by atoms with Crippen LogP contribution in [0.15, 0.2) is 53.7 Å². The van der Waals surface area contributed by atoms with Gasteiger partial charge in [0, 0.05) is 12.1 Å². The van der Waals surface area contributed by atoms with Crippen LogP contribution in [0.2, 0.25) is 0 Å². The van der Waals surface area contributed by atoms with E-state index in [-0.39, 0.29) is 16.0 Å². The molecule has 0 spiro atoms. The Kier molecular flexibility index (Phi) is 3.28. The molecule has 6 heteroatoms. The predicted octanol–water partition coefficient (Wildman–Crippen LogP) is 0.954. The van der Waals surface area contributed by atoms with E-state index in [2.05, 4.69) is 0 Å². The van der Waals surface area contributed by atoms with Crippen LogP contribution < -0.4 is 3.97 Å². The standard InChI is InChI=1S/C13H8N3O2S/c14-9-11-4-5-13(8-12(11)10-15)19(17,18)16-6-2-1-3-7-16/h1-8H/q+1. The van der Waals surface area contributed by atoms with E-state index in [1.807, 2.05) is 12.1 Å². The van der Waals surface area contributed by atoms with Crippen molar-refractivity contribution in [2.75, 3.05) is 0 Å². The number of benzene rings is 1. The normalized spacial score (nSPS) is 10.4. The summed E-state index contributed by atoms with van der Waals surface area (Å²) >= 11 is 0. The van der Waals surface area contributed by atoms with E-state index in [0.29, 0.717) is 0 Å². The topological polar surface area (TPSA) is 85.6 Å². The maximum atomic E-state index is 12.3. The molecular formula is C13H8N3O2S+. The molecule has 0 fully saturated rings. The van der Waals surface area contributed by atoms with Crippen LogP contribution in [-0.4, -0.2) is 8.42 Å². The third-order valence-electron chi connectivity index (χ3n) is 2.50. The summed E-state index contributed by atoms with van der Waals surface area (Å²) in [4.78, 5) is -0.0285. The second kappa shape index (κ2) is 4.89. The van der Waals surface area contributed by atoms with Crippen LogP contribution in [0.5, 0.6) is 0 Å². The largest absolute Gasteiger partial charge is 0.399 e. The Morgan fingerprint density at radius 1 is 0.947 bits per heavy atom. The van der Waals surface area contributed by atoms with Gasteiger partial charge in [0.2, 0.25) is 0 Å².